The Labute approximate surface area is 263 Å². The van der Waals surface area contributed by atoms with Crippen molar-refractivity contribution in [3.63, 3.8) is 0 Å². The molecule has 0 bridgehead atoms. The van der Waals surface area contributed by atoms with Gasteiger partial charge in [0.25, 0.3) is 0 Å². The third-order valence-corrected chi connectivity index (χ3v) is 23.3. The molecule has 2 unspecified atom stereocenters. The molecule has 0 heterocycles. The van der Waals surface area contributed by atoms with Crippen molar-refractivity contribution < 1.29 is 42.0 Å². The molecule has 9 nitrogen and oxygen atoms in total. The Bertz CT molecular complexity index is 978. The van der Waals surface area contributed by atoms with Crippen LogP contribution in [-0.4, -0.2) is 67.0 Å². The number of rotatable bonds is 23. The summed E-state index contributed by atoms with van der Waals surface area (Å²) in [5, 5.41) is 28.7. The van der Waals surface area contributed by atoms with Crippen molar-refractivity contribution in [2.75, 3.05) is 0 Å². The molecule has 0 aliphatic heterocycles. The van der Waals surface area contributed by atoms with Crippen LogP contribution in [0.5, 0.6) is 0 Å². The topological polar surface area (TPSA) is 140 Å². The first kappa shape index (κ1) is 39.4. The average Bonchev–Trinajstić information content (AvgIpc) is 2.87. The monoisotopic (exact) mass is 672 g/mol. The molecule has 246 valence electrons. The molecule has 0 radical (unpaired) electrons. The van der Waals surface area contributed by atoms with Gasteiger partial charge in [-0.1, -0.05) is 69.9 Å². The van der Waals surface area contributed by atoms with E-state index in [4.69, 9.17) is 17.5 Å². The van der Waals surface area contributed by atoms with Gasteiger partial charge in [-0.15, -0.1) is 0 Å². The molecule has 0 aromatic heterocycles. The molecular formula is C30H56O9Si4. The predicted octanol–water partition coefficient (Wildman–Crippen LogP) is 7.14. The minimum Gasteiger partial charge on any atom is -0.481 e. The molecule has 0 spiro atoms. The highest BCUT2D eigenvalue weighted by atomic mass is 28.5. The fraction of sp³-hybridized carbons (Fsp3) is 0.700. The van der Waals surface area contributed by atoms with Crippen LogP contribution in [0.1, 0.15) is 65.2 Å². The molecule has 0 aliphatic carbocycles. The number of aliphatic carboxylic acids is 3. The van der Waals surface area contributed by atoms with Crippen molar-refractivity contribution in [2.45, 2.75) is 123 Å². The molecule has 13 heteroatoms. The average molecular weight is 673 g/mol. The summed E-state index contributed by atoms with van der Waals surface area (Å²) in [7, 11) is -10.7. The molecule has 3 N–H and O–H groups in total. The summed E-state index contributed by atoms with van der Waals surface area (Å²) in [6, 6.07) is 12.3. The van der Waals surface area contributed by atoms with Crippen molar-refractivity contribution in [2.24, 2.45) is 11.8 Å². The Morgan fingerprint density at radius 3 is 1.40 bits per heavy atom. The second-order valence-corrected chi connectivity index (χ2v) is 29.9. The van der Waals surface area contributed by atoms with Gasteiger partial charge in [-0.2, -0.15) is 0 Å². The van der Waals surface area contributed by atoms with Crippen LogP contribution >= 0.6 is 0 Å². The highest BCUT2D eigenvalue weighted by Gasteiger charge is 2.54. The van der Waals surface area contributed by atoms with Crippen LogP contribution in [0.15, 0.2) is 30.3 Å². The Hall–Kier alpha value is -1.62. The van der Waals surface area contributed by atoms with Gasteiger partial charge in [-0.05, 0) is 76.7 Å². The number of benzene rings is 1. The Morgan fingerprint density at radius 2 is 1.02 bits per heavy atom. The van der Waals surface area contributed by atoms with E-state index in [1.54, 1.807) is 13.8 Å². The minimum atomic E-state index is -3.50. The lowest BCUT2D eigenvalue weighted by molar-refractivity contribution is -0.142. The number of carboxylic acid groups (broad SMARTS) is 3. The standard InChI is InChI=1S/C30H56O9Si4/c1-25(29(33)34)17-15-23-41(5,6)38-43(27-19-11-9-12-20-27,37-40(3,4)22-14-10-13-21-28(31)32)39-42(7,8)24-16-18-26(2)30(35)36/h9,11-12,19-20,25-26H,10,13-18,21-24H2,1-8H3,(H,31,32)(H,33,34)(H,35,36). The Balaban J connectivity index is 3.38. The zero-order valence-corrected chi connectivity index (χ0v) is 31.6. The third-order valence-electron chi connectivity index (χ3n) is 7.70. The number of unbranched alkanes of at least 4 members (excludes halogenated alkanes) is 2. The maximum absolute atomic E-state index is 11.4. The lowest BCUT2D eigenvalue weighted by atomic mass is 10.1. The van der Waals surface area contributed by atoms with E-state index in [1.807, 2.05) is 30.3 Å². The normalized spacial score (nSPS) is 15.4. The molecule has 1 aromatic rings. The number of hydrogen-bond acceptors (Lipinski definition) is 6. The van der Waals surface area contributed by atoms with Crippen LogP contribution in [-0.2, 0) is 26.7 Å². The first-order valence-corrected chi connectivity index (χ1v) is 26.7. The minimum absolute atomic E-state index is 0.165. The third kappa shape index (κ3) is 15.8. The van der Waals surface area contributed by atoms with Crippen LogP contribution < -0.4 is 5.19 Å². The van der Waals surface area contributed by atoms with Crippen molar-refractivity contribution in [3.05, 3.63) is 30.3 Å². The van der Waals surface area contributed by atoms with Crippen molar-refractivity contribution in [3.8, 4) is 0 Å². The lowest BCUT2D eigenvalue weighted by Gasteiger charge is -2.45. The summed E-state index contributed by atoms with van der Waals surface area (Å²) >= 11 is 0. The van der Waals surface area contributed by atoms with E-state index in [-0.39, 0.29) is 6.42 Å². The van der Waals surface area contributed by atoms with E-state index in [9.17, 15) is 24.6 Å². The van der Waals surface area contributed by atoms with Crippen molar-refractivity contribution in [1.82, 2.24) is 0 Å². The van der Waals surface area contributed by atoms with Gasteiger partial charge in [-0.3, -0.25) is 14.4 Å². The summed E-state index contributed by atoms with van der Waals surface area (Å²) in [6.45, 7) is 16.4. The maximum Gasteiger partial charge on any atom is 0.505 e. The zero-order chi connectivity index (χ0) is 32.9. The van der Waals surface area contributed by atoms with Gasteiger partial charge in [-0.25, -0.2) is 0 Å². The fourth-order valence-corrected chi connectivity index (χ4v) is 21.9. The van der Waals surface area contributed by atoms with Crippen LogP contribution in [0.3, 0.4) is 0 Å². The van der Waals surface area contributed by atoms with Gasteiger partial charge in [0.15, 0.2) is 25.0 Å². The number of carbonyl (C=O) groups is 3. The van der Waals surface area contributed by atoms with Gasteiger partial charge >= 0.3 is 26.7 Å². The lowest BCUT2D eigenvalue weighted by Crippen LogP contribution is -2.68. The van der Waals surface area contributed by atoms with Crippen LogP contribution in [0.4, 0.5) is 0 Å². The Morgan fingerprint density at radius 1 is 0.628 bits per heavy atom. The van der Waals surface area contributed by atoms with E-state index in [1.165, 1.54) is 0 Å². The first-order chi connectivity index (χ1) is 19.8. The molecule has 0 saturated carbocycles. The second kappa shape index (κ2) is 17.8. The van der Waals surface area contributed by atoms with E-state index in [0.717, 1.165) is 49.0 Å². The fourth-order valence-electron chi connectivity index (χ4n) is 5.04. The van der Waals surface area contributed by atoms with E-state index >= 15 is 0 Å². The molecule has 1 rings (SSSR count). The van der Waals surface area contributed by atoms with Gasteiger partial charge < -0.3 is 27.7 Å². The molecule has 2 atom stereocenters. The quantitative estimate of drug-likeness (QED) is 0.0817. The molecule has 0 fully saturated rings. The van der Waals surface area contributed by atoms with Gasteiger partial charge in [0.1, 0.15) is 0 Å². The number of carboxylic acids is 3. The van der Waals surface area contributed by atoms with Crippen LogP contribution in [0, 0.1) is 11.8 Å². The van der Waals surface area contributed by atoms with Crippen LogP contribution in [0.25, 0.3) is 0 Å². The van der Waals surface area contributed by atoms with E-state index < -0.39 is 63.5 Å². The van der Waals surface area contributed by atoms with E-state index in [2.05, 4.69) is 39.3 Å². The SMILES string of the molecule is CC(CCC[Si](C)(C)O[Si](O[Si](C)(C)CCCCCC(=O)O)(O[Si](C)(C)CCCC(C)C(=O)O)c1ccccc1)C(=O)O. The molecule has 0 aliphatic rings. The largest absolute Gasteiger partial charge is 0.505 e. The molecular weight excluding hydrogens is 617 g/mol. The summed E-state index contributed by atoms with van der Waals surface area (Å²) in [4.78, 5) is 33.8. The van der Waals surface area contributed by atoms with Gasteiger partial charge in [0.05, 0.1) is 11.8 Å². The molecule has 0 saturated heterocycles. The highest BCUT2D eigenvalue weighted by molar-refractivity contribution is 6.96. The molecule has 43 heavy (non-hydrogen) atoms. The van der Waals surface area contributed by atoms with Gasteiger partial charge in [0, 0.05) is 11.6 Å². The summed E-state index contributed by atoms with van der Waals surface area (Å²) in [5.41, 5.74) is 0. The van der Waals surface area contributed by atoms with Crippen molar-refractivity contribution >= 4 is 56.9 Å². The summed E-state index contributed by atoms with van der Waals surface area (Å²) < 4.78 is 21.7. The summed E-state index contributed by atoms with van der Waals surface area (Å²) in [5.74, 6) is -3.19. The Kier molecular flexibility index (Phi) is 16.3. The second-order valence-electron chi connectivity index (χ2n) is 13.7. The zero-order valence-electron chi connectivity index (χ0n) is 27.6. The first-order valence-electron chi connectivity index (χ1n) is 15.6. The highest BCUT2D eigenvalue weighted by Crippen LogP contribution is 2.32. The van der Waals surface area contributed by atoms with Crippen LogP contribution in [0.2, 0.25) is 57.4 Å². The summed E-state index contributed by atoms with van der Waals surface area (Å²) in [6.07, 6.45) is 5.13. The molecule has 1 aromatic carbocycles. The maximum atomic E-state index is 11.4. The number of hydrogen-bond donors (Lipinski definition) is 3. The van der Waals surface area contributed by atoms with Crippen molar-refractivity contribution in [1.29, 1.82) is 0 Å². The van der Waals surface area contributed by atoms with Gasteiger partial charge in [0.2, 0.25) is 0 Å². The smallest absolute Gasteiger partial charge is 0.481 e. The molecule has 0 amide bonds. The predicted molar refractivity (Wildman–Crippen MR) is 180 cm³/mol. The van der Waals surface area contributed by atoms with E-state index in [0.29, 0.717) is 19.3 Å².